The van der Waals surface area contributed by atoms with Crippen molar-refractivity contribution in [2.75, 3.05) is 6.61 Å². The molecule has 5 rings (SSSR count). The van der Waals surface area contributed by atoms with Crippen LogP contribution in [0.1, 0.15) is 52.7 Å². The highest BCUT2D eigenvalue weighted by Gasteiger charge is 2.22. The van der Waals surface area contributed by atoms with Gasteiger partial charge in [-0.1, -0.05) is 121 Å². The Morgan fingerprint density at radius 2 is 1.18 bits per heavy atom. The third-order valence-electron chi connectivity index (χ3n) is 7.38. The van der Waals surface area contributed by atoms with Gasteiger partial charge in [-0.05, 0) is 43.9 Å². The van der Waals surface area contributed by atoms with Crippen molar-refractivity contribution in [2.45, 2.75) is 58.9 Å². The minimum atomic E-state index is -0.457. The number of hydrogen-bond donors (Lipinski definition) is 0. The number of carbonyl (C=O) groups is 1. The third kappa shape index (κ3) is 5.29. The number of rotatable bonds is 6. The molecule has 0 saturated carbocycles. The van der Waals surface area contributed by atoms with Crippen molar-refractivity contribution in [3.8, 4) is 22.3 Å². The predicted octanol–water partition coefficient (Wildman–Crippen LogP) is 8.24. The van der Waals surface area contributed by atoms with E-state index in [0.29, 0.717) is 6.54 Å². The number of ether oxygens (including phenoxy) is 1. The Labute approximate surface area is 236 Å². The molecule has 5 nitrogen and oxygen atoms in total. The molecule has 0 bridgehead atoms. The van der Waals surface area contributed by atoms with E-state index in [1.807, 2.05) is 0 Å². The molecule has 0 aliphatic rings. The van der Waals surface area contributed by atoms with Gasteiger partial charge in [-0.25, -0.2) is 4.79 Å². The Kier molecular flexibility index (Phi) is 7.09. The van der Waals surface area contributed by atoms with Gasteiger partial charge in [0.1, 0.15) is 17.6 Å². The summed E-state index contributed by atoms with van der Waals surface area (Å²) in [4.78, 5) is 13.3. The average Bonchev–Trinajstić information content (AvgIpc) is 3.33. The van der Waals surface area contributed by atoms with E-state index in [0.717, 1.165) is 44.1 Å². The largest absolute Gasteiger partial charge is 0.460 e. The molecule has 0 unspecified atom stereocenters. The molecule has 0 atom stereocenters. The van der Waals surface area contributed by atoms with Gasteiger partial charge in [0.2, 0.25) is 0 Å². The van der Waals surface area contributed by atoms with E-state index >= 15 is 0 Å². The Bertz CT molecular complexity index is 1580. The first-order chi connectivity index (χ1) is 19.0. The summed E-state index contributed by atoms with van der Waals surface area (Å²) in [6.45, 7) is 17.3. The van der Waals surface area contributed by atoms with E-state index in [1.165, 1.54) is 17.2 Å². The van der Waals surface area contributed by atoms with Crippen molar-refractivity contribution in [3.63, 3.8) is 0 Å². The van der Waals surface area contributed by atoms with Crippen LogP contribution < -0.4 is 0 Å². The molecule has 0 fully saturated rings. The number of hydrogen-bond acceptors (Lipinski definition) is 4. The third-order valence-corrected chi connectivity index (χ3v) is 7.38. The Balaban J connectivity index is 1.75. The van der Waals surface area contributed by atoms with Gasteiger partial charge in [-0.2, -0.15) is 15.0 Å². The van der Waals surface area contributed by atoms with Crippen molar-refractivity contribution in [2.24, 2.45) is 0 Å². The molecule has 0 aliphatic heterocycles. The zero-order chi connectivity index (χ0) is 28.7. The number of fused-ring (bicyclic) bond motifs is 2. The van der Waals surface area contributed by atoms with Gasteiger partial charge < -0.3 is 4.74 Å². The fourth-order valence-electron chi connectivity index (χ4n) is 5.10. The minimum Gasteiger partial charge on any atom is -0.460 e. The van der Waals surface area contributed by atoms with Crippen LogP contribution in [0.4, 0.5) is 0 Å². The highest BCUT2D eigenvalue weighted by molar-refractivity contribution is 6.19. The molecule has 0 N–H and O–H groups in total. The topological polar surface area (TPSA) is 57.0 Å². The molecule has 0 amide bonds. The van der Waals surface area contributed by atoms with Gasteiger partial charge in [-0.15, -0.1) is 0 Å². The van der Waals surface area contributed by atoms with E-state index in [9.17, 15) is 4.79 Å². The lowest BCUT2D eigenvalue weighted by Gasteiger charge is -2.20. The summed E-state index contributed by atoms with van der Waals surface area (Å²) in [7, 11) is 0. The monoisotopic (exact) mass is 531 g/mol. The van der Waals surface area contributed by atoms with Gasteiger partial charge in [0.15, 0.2) is 0 Å². The van der Waals surface area contributed by atoms with Crippen LogP contribution in [0.2, 0.25) is 0 Å². The molecule has 0 spiro atoms. The van der Waals surface area contributed by atoms with E-state index in [-0.39, 0.29) is 17.4 Å². The lowest BCUT2D eigenvalue weighted by atomic mass is 9.84. The van der Waals surface area contributed by atoms with Crippen LogP contribution in [0.15, 0.2) is 85.5 Å². The summed E-state index contributed by atoms with van der Waals surface area (Å²) in [6, 6.07) is 26.0. The normalized spacial score (nSPS) is 12.2. The first-order valence-electron chi connectivity index (χ1n) is 13.8. The molecule has 0 aliphatic carbocycles. The summed E-state index contributed by atoms with van der Waals surface area (Å²) < 4.78 is 5.23. The maximum Gasteiger partial charge on any atom is 0.330 e. The molecular formula is C35H37N3O2. The molecule has 4 aromatic carbocycles. The maximum atomic E-state index is 11.6. The molecule has 5 aromatic rings. The highest BCUT2D eigenvalue weighted by Crippen LogP contribution is 2.43. The lowest BCUT2D eigenvalue weighted by Crippen LogP contribution is -2.11. The summed E-state index contributed by atoms with van der Waals surface area (Å²) >= 11 is 0. The zero-order valence-corrected chi connectivity index (χ0v) is 24.3. The number of nitrogens with zero attached hydrogens (tertiary/aromatic N) is 3. The second-order valence-electron chi connectivity index (χ2n) is 12.3. The fourth-order valence-corrected chi connectivity index (χ4v) is 5.10. The van der Waals surface area contributed by atoms with Gasteiger partial charge in [-0.3, -0.25) is 0 Å². The van der Waals surface area contributed by atoms with Crippen LogP contribution >= 0.6 is 0 Å². The summed E-state index contributed by atoms with van der Waals surface area (Å²) in [6.07, 6.45) is 1.17. The molecule has 0 radical (unpaired) electrons. The van der Waals surface area contributed by atoms with Crippen molar-refractivity contribution < 1.29 is 9.53 Å². The summed E-state index contributed by atoms with van der Waals surface area (Å²) in [5, 5.41) is 12.2. The average molecular weight is 532 g/mol. The minimum absolute atomic E-state index is 0.0605. The number of esters is 1. The van der Waals surface area contributed by atoms with E-state index in [2.05, 4.69) is 121 Å². The number of aromatic nitrogens is 3. The van der Waals surface area contributed by atoms with Gasteiger partial charge in [0.05, 0.1) is 6.54 Å². The Hall–Kier alpha value is -4.25. The molecule has 40 heavy (non-hydrogen) atoms. The van der Waals surface area contributed by atoms with Crippen molar-refractivity contribution in [3.05, 3.63) is 96.6 Å². The smallest absolute Gasteiger partial charge is 0.330 e. The Morgan fingerprint density at radius 1 is 0.750 bits per heavy atom. The van der Waals surface area contributed by atoms with Crippen LogP contribution in [0, 0.1) is 0 Å². The van der Waals surface area contributed by atoms with Crippen molar-refractivity contribution in [1.82, 2.24) is 15.0 Å². The van der Waals surface area contributed by atoms with E-state index in [4.69, 9.17) is 14.9 Å². The number of benzene rings is 4. The second kappa shape index (κ2) is 10.4. The number of carbonyl (C=O) groups excluding carboxylic acids is 1. The molecular weight excluding hydrogens is 494 g/mol. The van der Waals surface area contributed by atoms with E-state index in [1.54, 1.807) is 4.80 Å². The van der Waals surface area contributed by atoms with Crippen molar-refractivity contribution in [1.29, 1.82) is 0 Å². The molecule has 5 heteroatoms. The summed E-state index contributed by atoms with van der Waals surface area (Å²) in [5.74, 6) is -0.457. The quantitative estimate of drug-likeness (QED) is 0.164. The maximum absolute atomic E-state index is 11.6. The second-order valence-corrected chi connectivity index (χ2v) is 12.3. The van der Waals surface area contributed by atoms with E-state index < -0.39 is 5.97 Å². The molecule has 0 saturated heterocycles. The standard InChI is InChI=1S/C35H37N3O2/c1-8-29(39)40-22-21-38-36-32-30(23-13-17-25(18-14-23)34(2,3)4)27-11-9-10-12-28(27)31(33(32)37-38)24-15-19-26(20-16-24)35(5,6)7/h8-20H,1,21-22H2,2-7H3. The zero-order valence-electron chi connectivity index (χ0n) is 24.3. The molecule has 1 aromatic heterocycles. The van der Waals surface area contributed by atoms with Crippen LogP contribution in [0.5, 0.6) is 0 Å². The Morgan fingerprint density at radius 3 is 1.55 bits per heavy atom. The molecule has 1 heterocycles. The van der Waals surface area contributed by atoms with Crippen molar-refractivity contribution >= 4 is 27.8 Å². The first-order valence-corrected chi connectivity index (χ1v) is 13.8. The van der Waals surface area contributed by atoms with Crippen LogP contribution in [-0.2, 0) is 26.9 Å². The molecule has 204 valence electrons. The predicted molar refractivity (Wildman–Crippen MR) is 164 cm³/mol. The fraction of sp³-hybridized carbons (Fsp3) is 0.286. The highest BCUT2D eigenvalue weighted by atomic mass is 16.5. The lowest BCUT2D eigenvalue weighted by molar-refractivity contribution is -0.138. The van der Waals surface area contributed by atoms with Gasteiger partial charge in [0, 0.05) is 17.2 Å². The first kappa shape index (κ1) is 27.3. The SMILES string of the molecule is C=CC(=O)OCCn1nc2c(-c3ccc(C(C)(C)C)cc3)c3ccccc3c(-c3ccc(C(C)(C)C)cc3)c2n1. The van der Waals surface area contributed by atoms with Crippen LogP contribution in [-0.4, -0.2) is 27.6 Å². The van der Waals surface area contributed by atoms with Crippen LogP contribution in [0.3, 0.4) is 0 Å². The van der Waals surface area contributed by atoms with Gasteiger partial charge in [0.25, 0.3) is 0 Å². The van der Waals surface area contributed by atoms with Gasteiger partial charge >= 0.3 is 5.97 Å². The summed E-state index contributed by atoms with van der Waals surface area (Å²) in [5.41, 5.74) is 8.61. The van der Waals surface area contributed by atoms with Crippen LogP contribution in [0.25, 0.3) is 44.1 Å².